The predicted octanol–water partition coefficient (Wildman–Crippen LogP) is 6.02. The first-order valence-electron chi connectivity index (χ1n) is 10.6. The molecule has 2 aromatic carbocycles. The largest absolute Gasteiger partial charge is 0.369 e. The second-order valence-electron chi connectivity index (χ2n) is 8.28. The van der Waals surface area contributed by atoms with Crippen LogP contribution in [0.2, 0.25) is 0 Å². The van der Waals surface area contributed by atoms with Gasteiger partial charge in [0.2, 0.25) is 5.91 Å². The van der Waals surface area contributed by atoms with Crippen molar-refractivity contribution in [3.05, 3.63) is 70.8 Å². The van der Waals surface area contributed by atoms with Crippen LogP contribution in [0.3, 0.4) is 0 Å². The van der Waals surface area contributed by atoms with Crippen LogP contribution < -0.4 is 5.73 Å². The Morgan fingerprint density at radius 1 is 1.00 bits per heavy atom. The zero-order valence-electron chi connectivity index (χ0n) is 19.1. The Hall–Kier alpha value is -2.10. The molecule has 30 heavy (non-hydrogen) atoms. The second-order valence-corrected chi connectivity index (χ2v) is 8.28. The van der Waals surface area contributed by atoms with E-state index in [9.17, 15) is 4.79 Å². The third-order valence-electron chi connectivity index (χ3n) is 5.38. The van der Waals surface area contributed by atoms with Gasteiger partial charge < -0.3 is 5.73 Å². The van der Waals surface area contributed by atoms with Gasteiger partial charge in [-0.25, -0.2) is 0 Å². The van der Waals surface area contributed by atoms with Crippen LogP contribution in [-0.4, -0.2) is 30.4 Å². The summed E-state index contributed by atoms with van der Waals surface area (Å²) < 4.78 is 0. The van der Waals surface area contributed by atoms with Crippen molar-refractivity contribution in [3.63, 3.8) is 0 Å². The third kappa shape index (κ3) is 7.30. The molecule has 2 N–H and O–H groups in total. The van der Waals surface area contributed by atoms with E-state index in [4.69, 9.17) is 5.73 Å². The monoisotopic (exact) mass is 428 g/mol. The fourth-order valence-corrected chi connectivity index (χ4v) is 3.68. The Balaban J connectivity index is 0.00000450. The highest BCUT2D eigenvalue weighted by atomic mass is 35.5. The third-order valence-corrected chi connectivity index (χ3v) is 5.38. The van der Waals surface area contributed by atoms with Crippen LogP contribution in [0.1, 0.15) is 58.1 Å². The summed E-state index contributed by atoms with van der Waals surface area (Å²) in [6.45, 7) is 13.2. The molecule has 0 aromatic heterocycles. The number of allylic oxidation sites excluding steroid dienone is 2. The molecule has 0 heterocycles. The van der Waals surface area contributed by atoms with Crippen LogP contribution in [0.15, 0.2) is 59.7 Å². The summed E-state index contributed by atoms with van der Waals surface area (Å²) >= 11 is 0. The molecule has 2 rings (SSSR count). The topological polar surface area (TPSA) is 46.3 Å². The van der Waals surface area contributed by atoms with Crippen molar-refractivity contribution in [1.82, 2.24) is 4.90 Å². The molecule has 1 amide bonds. The van der Waals surface area contributed by atoms with Gasteiger partial charge in [-0.3, -0.25) is 9.69 Å². The van der Waals surface area contributed by atoms with Gasteiger partial charge in [0, 0.05) is 13.1 Å². The highest BCUT2D eigenvalue weighted by Crippen LogP contribution is 2.32. The minimum Gasteiger partial charge on any atom is -0.369 e. The smallest absolute Gasteiger partial charge is 0.225 e. The maximum Gasteiger partial charge on any atom is 0.225 e. The number of carbonyl (C=O) groups is 1. The lowest BCUT2D eigenvalue weighted by molar-refractivity contribution is -0.119. The summed E-state index contributed by atoms with van der Waals surface area (Å²) in [5, 5.41) is 2.31. The fourth-order valence-electron chi connectivity index (χ4n) is 3.68. The maximum absolute atomic E-state index is 12.5. The number of halogens is 1. The quantitative estimate of drug-likeness (QED) is 0.470. The van der Waals surface area contributed by atoms with Gasteiger partial charge in [0.15, 0.2) is 0 Å². The predicted molar refractivity (Wildman–Crippen MR) is 132 cm³/mol. The number of aryl methyl sites for hydroxylation is 1. The van der Waals surface area contributed by atoms with Gasteiger partial charge in [0.05, 0.1) is 5.92 Å². The molecule has 4 heteroatoms. The number of hydrogen-bond donors (Lipinski definition) is 1. The number of nitrogens with zero attached hydrogens (tertiary/aromatic N) is 1. The van der Waals surface area contributed by atoms with E-state index < -0.39 is 0 Å². The molecule has 2 aromatic rings. The number of benzene rings is 2. The Morgan fingerprint density at radius 3 is 2.13 bits per heavy atom. The van der Waals surface area contributed by atoms with Crippen molar-refractivity contribution in [3.8, 4) is 0 Å². The van der Waals surface area contributed by atoms with E-state index >= 15 is 0 Å². The van der Waals surface area contributed by atoms with Crippen LogP contribution in [0.25, 0.3) is 10.8 Å². The average Bonchev–Trinajstić information content (AvgIpc) is 2.68. The lowest BCUT2D eigenvalue weighted by Crippen LogP contribution is -2.30. The number of primary amides is 1. The van der Waals surface area contributed by atoms with Crippen molar-refractivity contribution >= 4 is 29.1 Å². The molecule has 0 aliphatic carbocycles. The van der Waals surface area contributed by atoms with Gasteiger partial charge in [0.25, 0.3) is 0 Å². The number of carbonyl (C=O) groups excluding carboxylic acids is 1. The van der Waals surface area contributed by atoms with E-state index in [-0.39, 0.29) is 24.2 Å². The second kappa shape index (κ2) is 12.6. The molecule has 0 radical (unpaired) electrons. The van der Waals surface area contributed by atoms with Gasteiger partial charge in [0.1, 0.15) is 0 Å². The molecule has 0 fully saturated rings. The summed E-state index contributed by atoms with van der Waals surface area (Å²) in [5.41, 5.74) is 10.9. The van der Waals surface area contributed by atoms with Gasteiger partial charge in [-0.15, -0.1) is 12.4 Å². The Labute approximate surface area is 188 Å². The van der Waals surface area contributed by atoms with E-state index in [1.807, 2.05) is 12.1 Å². The summed E-state index contributed by atoms with van der Waals surface area (Å²) in [4.78, 5) is 14.9. The molecule has 164 valence electrons. The Morgan fingerprint density at radius 2 is 1.60 bits per heavy atom. The van der Waals surface area contributed by atoms with Crippen molar-refractivity contribution in [1.29, 1.82) is 0 Å². The summed E-state index contributed by atoms with van der Waals surface area (Å²) in [7, 11) is 0. The molecule has 0 aliphatic rings. The Kier molecular flexibility index (Phi) is 10.9. The van der Waals surface area contributed by atoms with Gasteiger partial charge in [-0.05, 0) is 69.0 Å². The number of hydrogen-bond acceptors (Lipinski definition) is 2. The highest BCUT2D eigenvalue weighted by Gasteiger charge is 2.23. The molecule has 0 saturated carbocycles. The molecular formula is C26H37ClN2O. The Bertz CT molecular complexity index is 873. The maximum atomic E-state index is 12.5. The SMILES string of the molecule is CCc1ccc2ccccc2c1C(CCN(CC=C(C)C)CC=C(C)C)C(N)=O.Cl. The first kappa shape index (κ1) is 25.9. The van der Waals surface area contributed by atoms with Gasteiger partial charge in [-0.2, -0.15) is 0 Å². The summed E-state index contributed by atoms with van der Waals surface area (Å²) in [6.07, 6.45) is 6.10. The van der Waals surface area contributed by atoms with E-state index in [0.29, 0.717) is 0 Å². The average molecular weight is 429 g/mol. The lowest BCUT2D eigenvalue weighted by Gasteiger charge is -2.24. The van der Waals surface area contributed by atoms with Crippen LogP contribution in [0, 0.1) is 0 Å². The van der Waals surface area contributed by atoms with Gasteiger partial charge in [-0.1, -0.05) is 66.6 Å². The molecular weight excluding hydrogens is 392 g/mol. The van der Waals surface area contributed by atoms with Crippen LogP contribution in [-0.2, 0) is 11.2 Å². The molecule has 0 aliphatic heterocycles. The van der Waals surface area contributed by atoms with E-state index in [1.54, 1.807) is 0 Å². The number of amides is 1. The lowest BCUT2D eigenvalue weighted by atomic mass is 9.85. The van der Waals surface area contributed by atoms with Crippen molar-refractivity contribution < 1.29 is 4.79 Å². The fraction of sp³-hybridized carbons (Fsp3) is 0.423. The molecule has 0 spiro atoms. The van der Waals surface area contributed by atoms with E-state index in [0.717, 1.165) is 48.8 Å². The standard InChI is InChI=1S/C26H36N2O.ClH/c1-6-21-11-12-22-9-7-8-10-23(22)25(21)24(26(27)29)15-18-28(16-13-19(2)3)17-14-20(4)5;/h7-14,24H,6,15-18H2,1-5H3,(H2,27,29);1H. The summed E-state index contributed by atoms with van der Waals surface area (Å²) in [6, 6.07) is 12.6. The van der Waals surface area contributed by atoms with Gasteiger partial charge >= 0.3 is 0 Å². The van der Waals surface area contributed by atoms with Crippen molar-refractivity contribution in [2.75, 3.05) is 19.6 Å². The molecule has 3 nitrogen and oxygen atoms in total. The minimum absolute atomic E-state index is 0. The van der Waals surface area contributed by atoms with Crippen molar-refractivity contribution in [2.24, 2.45) is 5.73 Å². The number of nitrogens with two attached hydrogens (primary N) is 1. The van der Waals surface area contributed by atoms with Crippen LogP contribution >= 0.6 is 12.4 Å². The molecule has 0 bridgehead atoms. The van der Waals surface area contributed by atoms with E-state index in [1.165, 1.54) is 16.7 Å². The number of rotatable bonds is 10. The zero-order valence-corrected chi connectivity index (χ0v) is 19.9. The van der Waals surface area contributed by atoms with E-state index in [2.05, 4.69) is 75.9 Å². The first-order valence-corrected chi connectivity index (χ1v) is 10.6. The van der Waals surface area contributed by atoms with Crippen molar-refractivity contribution in [2.45, 2.75) is 53.4 Å². The highest BCUT2D eigenvalue weighted by molar-refractivity contribution is 5.93. The minimum atomic E-state index is -0.281. The summed E-state index contributed by atoms with van der Waals surface area (Å²) in [5.74, 6) is -0.516. The number of fused-ring (bicyclic) bond motifs is 1. The molecule has 1 unspecified atom stereocenters. The normalized spacial score (nSPS) is 11.7. The first-order chi connectivity index (χ1) is 13.8. The van der Waals surface area contributed by atoms with Crippen LogP contribution in [0.4, 0.5) is 0 Å². The zero-order chi connectivity index (χ0) is 21.4. The molecule has 1 atom stereocenters. The van der Waals surface area contributed by atoms with Crippen LogP contribution in [0.5, 0.6) is 0 Å². The molecule has 0 saturated heterocycles.